The van der Waals surface area contributed by atoms with E-state index in [1.807, 2.05) is 6.08 Å². The predicted molar refractivity (Wildman–Crippen MR) is 57.7 cm³/mol. The molecular weight excluding hydrogens is 162 g/mol. The summed E-state index contributed by atoms with van der Waals surface area (Å²) in [7, 11) is 1.73. The van der Waals surface area contributed by atoms with Crippen LogP contribution in [0.4, 0.5) is 0 Å². The van der Waals surface area contributed by atoms with Gasteiger partial charge in [-0.1, -0.05) is 6.08 Å². The molecule has 0 saturated heterocycles. The molecule has 0 saturated carbocycles. The Morgan fingerprint density at radius 1 is 1.54 bits per heavy atom. The highest BCUT2D eigenvalue weighted by molar-refractivity contribution is 4.77. The predicted octanol–water partition coefficient (Wildman–Crippen LogP) is 2.49. The summed E-state index contributed by atoms with van der Waals surface area (Å²) >= 11 is 0. The summed E-state index contributed by atoms with van der Waals surface area (Å²) in [5.41, 5.74) is 5.87. The normalized spacial score (nSPS) is 14.2. The Labute approximate surface area is 82.2 Å². The van der Waals surface area contributed by atoms with Crippen LogP contribution in [0.15, 0.2) is 12.7 Å². The van der Waals surface area contributed by atoms with Crippen molar-refractivity contribution in [3.05, 3.63) is 12.7 Å². The van der Waals surface area contributed by atoms with Crippen LogP contribution in [0.2, 0.25) is 0 Å². The molecule has 0 fully saturated rings. The van der Waals surface area contributed by atoms with Crippen molar-refractivity contribution < 1.29 is 4.74 Å². The van der Waals surface area contributed by atoms with Gasteiger partial charge in [0.25, 0.3) is 0 Å². The highest BCUT2D eigenvalue weighted by atomic mass is 16.5. The van der Waals surface area contributed by atoms with Crippen molar-refractivity contribution in [3.63, 3.8) is 0 Å². The summed E-state index contributed by atoms with van der Waals surface area (Å²) in [4.78, 5) is 0. The molecule has 0 bridgehead atoms. The minimum atomic E-state index is -0.0897. The van der Waals surface area contributed by atoms with Crippen molar-refractivity contribution in [2.45, 2.75) is 51.2 Å². The van der Waals surface area contributed by atoms with Gasteiger partial charge in [0.15, 0.2) is 0 Å². The average molecular weight is 185 g/mol. The molecular formula is C11H23NO. The molecule has 0 aliphatic carbocycles. The van der Waals surface area contributed by atoms with E-state index in [0.29, 0.717) is 0 Å². The third-order valence-corrected chi connectivity index (χ3v) is 2.29. The number of unbranched alkanes of at least 4 members (excludes halogenated alkanes) is 1. The number of methoxy groups -OCH3 is 1. The molecule has 0 rings (SSSR count). The van der Waals surface area contributed by atoms with Crippen molar-refractivity contribution >= 4 is 0 Å². The SMILES string of the molecule is C=CCCCC(N)CC(C)(C)OC. The first kappa shape index (κ1) is 12.7. The van der Waals surface area contributed by atoms with Crippen LogP contribution in [0.1, 0.15) is 39.5 Å². The molecule has 0 amide bonds. The highest BCUT2D eigenvalue weighted by Crippen LogP contribution is 2.17. The maximum absolute atomic E-state index is 5.96. The zero-order chi connectivity index (χ0) is 10.3. The average Bonchev–Trinajstić information content (AvgIpc) is 2.04. The first-order chi connectivity index (χ1) is 6.02. The van der Waals surface area contributed by atoms with E-state index in [2.05, 4.69) is 20.4 Å². The van der Waals surface area contributed by atoms with Crippen LogP contribution >= 0.6 is 0 Å². The fourth-order valence-electron chi connectivity index (χ4n) is 1.34. The first-order valence-electron chi connectivity index (χ1n) is 4.93. The lowest BCUT2D eigenvalue weighted by Gasteiger charge is -2.26. The van der Waals surface area contributed by atoms with Gasteiger partial charge in [-0.2, -0.15) is 0 Å². The second-order valence-electron chi connectivity index (χ2n) is 4.15. The van der Waals surface area contributed by atoms with E-state index in [0.717, 1.165) is 25.7 Å². The van der Waals surface area contributed by atoms with Gasteiger partial charge in [-0.05, 0) is 39.5 Å². The van der Waals surface area contributed by atoms with E-state index in [9.17, 15) is 0 Å². The molecule has 2 heteroatoms. The molecule has 2 N–H and O–H groups in total. The lowest BCUT2D eigenvalue weighted by Crippen LogP contribution is -2.33. The Balaban J connectivity index is 3.60. The summed E-state index contributed by atoms with van der Waals surface area (Å²) in [6.07, 6.45) is 6.10. The maximum Gasteiger partial charge on any atom is 0.0637 e. The van der Waals surface area contributed by atoms with Crippen LogP contribution in [0.5, 0.6) is 0 Å². The van der Waals surface area contributed by atoms with Gasteiger partial charge < -0.3 is 10.5 Å². The molecule has 0 spiro atoms. The summed E-state index contributed by atoms with van der Waals surface area (Å²) in [6.45, 7) is 7.82. The minimum Gasteiger partial charge on any atom is -0.379 e. The van der Waals surface area contributed by atoms with Crippen LogP contribution in [0, 0.1) is 0 Å². The molecule has 0 aromatic heterocycles. The molecule has 0 aromatic rings. The van der Waals surface area contributed by atoms with E-state index < -0.39 is 0 Å². The van der Waals surface area contributed by atoms with E-state index in [1.165, 1.54) is 0 Å². The van der Waals surface area contributed by atoms with E-state index in [4.69, 9.17) is 10.5 Å². The summed E-state index contributed by atoms with van der Waals surface area (Å²) in [6, 6.07) is 0.245. The minimum absolute atomic E-state index is 0.0897. The van der Waals surface area contributed by atoms with Crippen molar-refractivity contribution in [2.75, 3.05) is 7.11 Å². The Morgan fingerprint density at radius 2 is 2.15 bits per heavy atom. The fraction of sp³-hybridized carbons (Fsp3) is 0.818. The lowest BCUT2D eigenvalue weighted by molar-refractivity contribution is 0.00946. The molecule has 0 radical (unpaired) electrons. The lowest BCUT2D eigenvalue weighted by atomic mass is 9.96. The largest absolute Gasteiger partial charge is 0.379 e. The molecule has 1 unspecified atom stereocenters. The molecule has 0 aliphatic heterocycles. The Morgan fingerprint density at radius 3 is 2.62 bits per heavy atom. The van der Waals surface area contributed by atoms with Gasteiger partial charge in [-0.3, -0.25) is 0 Å². The summed E-state index contributed by atoms with van der Waals surface area (Å²) in [5.74, 6) is 0. The number of nitrogens with two attached hydrogens (primary N) is 1. The summed E-state index contributed by atoms with van der Waals surface area (Å²) < 4.78 is 5.31. The molecule has 0 heterocycles. The quantitative estimate of drug-likeness (QED) is 0.488. The van der Waals surface area contributed by atoms with Gasteiger partial charge in [0.2, 0.25) is 0 Å². The smallest absolute Gasteiger partial charge is 0.0637 e. The summed E-state index contributed by atoms with van der Waals surface area (Å²) in [5, 5.41) is 0. The van der Waals surface area contributed by atoms with E-state index in [-0.39, 0.29) is 11.6 Å². The maximum atomic E-state index is 5.96. The van der Waals surface area contributed by atoms with Gasteiger partial charge in [0, 0.05) is 13.2 Å². The van der Waals surface area contributed by atoms with Crippen molar-refractivity contribution in [2.24, 2.45) is 5.73 Å². The number of hydrogen-bond donors (Lipinski definition) is 1. The second kappa shape index (κ2) is 6.17. The molecule has 78 valence electrons. The number of ether oxygens (including phenoxy) is 1. The van der Waals surface area contributed by atoms with Crippen LogP contribution in [-0.2, 0) is 4.74 Å². The van der Waals surface area contributed by atoms with Gasteiger partial charge in [0.1, 0.15) is 0 Å². The molecule has 0 aliphatic rings. The van der Waals surface area contributed by atoms with Crippen LogP contribution in [0.25, 0.3) is 0 Å². The van der Waals surface area contributed by atoms with Crippen LogP contribution in [-0.4, -0.2) is 18.8 Å². The van der Waals surface area contributed by atoms with E-state index >= 15 is 0 Å². The molecule has 2 nitrogen and oxygen atoms in total. The number of rotatable bonds is 7. The van der Waals surface area contributed by atoms with Crippen LogP contribution < -0.4 is 5.73 Å². The molecule has 13 heavy (non-hydrogen) atoms. The number of allylic oxidation sites excluding steroid dienone is 1. The Hall–Kier alpha value is -0.340. The zero-order valence-corrected chi connectivity index (χ0v) is 9.18. The van der Waals surface area contributed by atoms with Crippen LogP contribution in [0.3, 0.4) is 0 Å². The van der Waals surface area contributed by atoms with Crippen molar-refractivity contribution in [1.29, 1.82) is 0 Å². The van der Waals surface area contributed by atoms with Gasteiger partial charge >= 0.3 is 0 Å². The Bertz CT molecular complexity index is 143. The standard InChI is InChI=1S/C11H23NO/c1-5-6-7-8-10(12)9-11(2,3)13-4/h5,10H,1,6-9,12H2,2-4H3. The second-order valence-corrected chi connectivity index (χ2v) is 4.15. The Kier molecular flexibility index (Phi) is 6.00. The van der Waals surface area contributed by atoms with Crippen molar-refractivity contribution in [3.8, 4) is 0 Å². The fourth-order valence-corrected chi connectivity index (χ4v) is 1.34. The third-order valence-electron chi connectivity index (χ3n) is 2.29. The van der Waals surface area contributed by atoms with Gasteiger partial charge in [-0.25, -0.2) is 0 Å². The monoisotopic (exact) mass is 185 g/mol. The number of hydrogen-bond acceptors (Lipinski definition) is 2. The highest BCUT2D eigenvalue weighted by Gasteiger charge is 2.19. The van der Waals surface area contributed by atoms with Crippen molar-refractivity contribution in [1.82, 2.24) is 0 Å². The first-order valence-corrected chi connectivity index (χ1v) is 4.93. The molecule has 0 aromatic carbocycles. The van der Waals surface area contributed by atoms with Gasteiger partial charge in [0.05, 0.1) is 5.60 Å². The molecule has 1 atom stereocenters. The zero-order valence-electron chi connectivity index (χ0n) is 9.18. The topological polar surface area (TPSA) is 35.2 Å². The third kappa shape index (κ3) is 6.79. The van der Waals surface area contributed by atoms with Gasteiger partial charge in [-0.15, -0.1) is 6.58 Å². The van der Waals surface area contributed by atoms with E-state index in [1.54, 1.807) is 7.11 Å².